The summed E-state index contributed by atoms with van der Waals surface area (Å²) in [7, 11) is 0. The maximum atomic E-state index is 12.5. The summed E-state index contributed by atoms with van der Waals surface area (Å²) < 4.78 is 37.6. The normalized spacial score (nSPS) is 11.4. The van der Waals surface area contributed by atoms with Crippen LogP contribution in [0.3, 0.4) is 0 Å². The molecule has 0 atom stereocenters. The van der Waals surface area contributed by atoms with Crippen LogP contribution in [0.5, 0.6) is 0 Å². The third kappa shape index (κ3) is 5.53. The van der Waals surface area contributed by atoms with Crippen LogP contribution in [0.25, 0.3) is 0 Å². The molecule has 0 bridgehead atoms. The van der Waals surface area contributed by atoms with Crippen molar-refractivity contribution in [3.8, 4) is 0 Å². The molecule has 112 valence electrons. The minimum atomic E-state index is -4.38. The summed E-state index contributed by atoms with van der Waals surface area (Å²) >= 11 is 3.28. The van der Waals surface area contributed by atoms with E-state index in [0.29, 0.717) is 11.8 Å². The summed E-state index contributed by atoms with van der Waals surface area (Å²) in [6, 6.07) is 6.59. The van der Waals surface area contributed by atoms with E-state index in [4.69, 9.17) is 0 Å². The van der Waals surface area contributed by atoms with E-state index in [1.807, 2.05) is 6.92 Å². The van der Waals surface area contributed by atoms with Gasteiger partial charge in [-0.1, -0.05) is 41.4 Å². The van der Waals surface area contributed by atoms with E-state index in [1.54, 1.807) is 24.3 Å². The largest absolute Gasteiger partial charge is 0.406 e. The van der Waals surface area contributed by atoms with Crippen molar-refractivity contribution in [2.45, 2.75) is 31.3 Å². The Morgan fingerprint density at radius 2 is 1.85 bits per heavy atom. The first-order valence-corrected chi connectivity index (χ1v) is 7.50. The van der Waals surface area contributed by atoms with Crippen molar-refractivity contribution in [2.24, 2.45) is 0 Å². The standard InChI is InChI=1S/C14H17BrF3NO/c1-2-3-8-19(10-14(16,17)18)13(20)12-6-4-11(9-15)5-7-12/h4-7H,2-3,8-10H2,1H3. The molecule has 0 aliphatic carbocycles. The second-order valence-electron chi connectivity index (χ2n) is 4.53. The zero-order valence-electron chi connectivity index (χ0n) is 11.2. The smallest absolute Gasteiger partial charge is 0.330 e. The molecule has 0 N–H and O–H groups in total. The van der Waals surface area contributed by atoms with Crippen molar-refractivity contribution in [1.82, 2.24) is 4.90 Å². The monoisotopic (exact) mass is 351 g/mol. The third-order valence-corrected chi connectivity index (χ3v) is 3.44. The number of halogens is 4. The number of carbonyl (C=O) groups is 1. The second-order valence-corrected chi connectivity index (χ2v) is 5.09. The van der Waals surface area contributed by atoms with Crippen molar-refractivity contribution >= 4 is 21.8 Å². The number of amides is 1. The average molecular weight is 352 g/mol. The molecule has 2 nitrogen and oxygen atoms in total. The lowest BCUT2D eigenvalue weighted by molar-refractivity contribution is -0.140. The van der Waals surface area contributed by atoms with Gasteiger partial charge in [-0.3, -0.25) is 4.79 Å². The van der Waals surface area contributed by atoms with Crippen LogP contribution in [0, 0.1) is 0 Å². The summed E-state index contributed by atoms with van der Waals surface area (Å²) in [6.45, 7) is 0.794. The molecule has 0 saturated carbocycles. The van der Waals surface area contributed by atoms with Gasteiger partial charge < -0.3 is 4.90 Å². The van der Waals surface area contributed by atoms with Gasteiger partial charge in [0.1, 0.15) is 6.54 Å². The van der Waals surface area contributed by atoms with Crippen LogP contribution in [-0.4, -0.2) is 30.1 Å². The molecule has 0 radical (unpaired) electrons. The van der Waals surface area contributed by atoms with E-state index < -0.39 is 18.6 Å². The van der Waals surface area contributed by atoms with Gasteiger partial charge in [0.05, 0.1) is 0 Å². The number of hydrogen-bond donors (Lipinski definition) is 0. The van der Waals surface area contributed by atoms with E-state index in [0.717, 1.165) is 16.9 Å². The highest BCUT2D eigenvalue weighted by Crippen LogP contribution is 2.19. The van der Waals surface area contributed by atoms with Crippen molar-refractivity contribution in [3.05, 3.63) is 35.4 Å². The van der Waals surface area contributed by atoms with Crippen LogP contribution in [0.1, 0.15) is 35.7 Å². The Hall–Kier alpha value is -1.04. The lowest BCUT2D eigenvalue weighted by Gasteiger charge is -2.24. The van der Waals surface area contributed by atoms with E-state index >= 15 is 0 Å². The van der Waals surface area contributed by atoms with Gasteiger partial charge in [0.25, 0.3) is 5.91 Å². The zero-order chi connectivity index (χ0) is 15.2. The molecule has 0 fully saturated rings. The zero-order valence-corrected chi connectivity index (χ0v) is 12.8. The fourth-order valence-electron chi connectivity index (χ4n) is 1.74. The summed E-state index contributed by atoms with van der Waals surface area (Å²) in [5, 5.41) is 0.642. The number of hydrogen-bond acceptors (Lipinski definition) is 1. The highest BCUT2D eigenvalue weighted by atomic mass is 79.9. The van der Waals surface area contributed by atoms with E-state index in [9.17, 15) is 18.0 Å². The molecule has 0 unspecified atom stereocenters. The van der Waals surface area contributed by atoms with Crippen LogP contribution in [0.4, 0.5) is 13.2 Å². The van der Waals surface area contributed by atoms with Gasteiger partial charge in [-0.15, -0.1) is 0 Å². The van der Waals surface area contributed by atoms with E-state index in [2.05, 4.69) is 15.9 Å². The minimum Gasteiger partial charge on any atom is -0.330 e. The first kappa shape index (κ1) is 17.0. The van der Waals surface area contributed by atoms with Crippen molar-refractivity contribution in [1.29, 1.82) is 0 Å². The highest BCUT2D eigenvalue weighted by Gasteiger charge is 2.33. The van der Waals surface area contributed by atoms with Gasteiger partial charge >= 0.3 is 6.18 Å². The summed E-state index contributed by atoms with van der Waals surface area (Å²) in [4.78, 5) is 13.0. The number of alkyl halides is 4. The molecule has 0 aromatic heterocycles. The van der Waals surface area contributed by atoms with E-state index in [1.165, 1.54) is 0 Å². The molecule has 1 aromatic carbocycles. The van der Waals surface area contributed by atoms with E-state index in [-0.39, 0.29) is 12.1 Å². The molecule has 1 rings (SSSR count). The first-order chi connectivity index (χ1) is 9.37. The predicted octanol–water partition coefficient (Wildman–Crippen LogP) is 4.39. The molecule has 0 spiro atoms. The molecule has 1 aromatic rings. The molecule has 0 aliphatic rings. The molecule has 1 amide bonds. The number of nitrogens with zero attached hydrogens (tertiary/aromatic N) is 1. The Morgan fingerprint density at radius 3 is 2.30 bits per heavy atom. The van der Waals surface area contributed by atoms with Crippen LogP contribution in [0.2, 0.25) is 0 Å². The molecule has 6 heteroatoms. The van der Waals surface area contributed by atoms with Crippen molar-refractivity contribution in [2.75, 3.05) is 13.1 Å². The Balaban J connectivity index is 2.84. The summed E-state index contributed by atoms with van der Waals surface area (Å²) in [5.74, 6) is -0.572. The lowest BCUT2D eigenvalue weighted by atomic mass is 10.1. The van der Waals surface area contributed by atoms with Gasteiger partial charge in [0.15, 0.2) is 0 Å². The quantitative estimate of drug-likeness (QED) is 0.696. The topological polar surface area (TPSA) is 20.3 Å². The SMILES string of the molecule is CCCCN(CC(F)(F)F)C(=O)c1ccc(CBr)cc1. The maximum absolute atomic E-state index is 12.5. The van der Waals surface area contributed by atoms with Crippen LogP contribution < -0.4 is 0 Å². The maximum Gasteiger partial charge on any atom is 0.406 e. The summed E-state index contributed by atoms with van der Waals surface area (Å²) in [6.07, 6.45) is -3.08. The predicted molar refractivity (Wildman–Crippen MR) is 75.9 cm³/mol. The fraction of sp³-hybridized carbons (Fsp3) is 0.500. The Labute approximate surface area is 125 Å². The first-order valence-electron chi connectivity index (χ1n) is 6.38. The molecule has 0 aliphatic heterocycles. The van der Waals surface area contributed by atoms with Gasteiger partial charge in [-0.2, -0.15) is 13.2 Å². The molecular weight excluding hydrogens is 335 g/mol. The number of rotatable bonds is 6. The third-order valence-electron chi connectivity index (χ3n) is 2.79. The van der Waals surface area contributed by atoms with Crippen molar-refractivity contribution < 1.29 is 18.0 Å². The van der Waals surface area contributed by atoms with Crippen LogP contribution in [-0.2, 0) is 5.33 Å². The summed E-state index contributed by atoms with van der Waals surface area (Å²) in [5.41, 5.74) is 1.26. The highest BCUT2D eigenvalue weighted by molar-refractivity contribution is 9.08. The molecule has 20 heavy (non-hydrogen) atoms. The van der Waals surface area contributed by atoms with Gasteiger partial charge in [0, 0.05) is 17.4 Å². The Kier molecular flexibility index (Phi) is 6.52. The molecule has 0 saturated heterocycles. The van der Waals surface area contributed by atoms with Gasteiger partial charge in [-0.25, -0.2) is 0 Å². The Morgan fingerprint density at radius 1 is 1.25 bits per heavy atom. The van der Waals surface area contributed by atoms with Gasteiger partial charge in [0.2, 0.25) is 0 Å². The van der Waals surface area contributed by atoms with Gasteiger partial charge in [-0.05, 0) is 24.1 Å². The van der Waals surface area contributed by atoms with Crippen LogP contribution in [0.15, 0.2) is 24.3 Å². The Bertz CT molecular complexity index is 431. The fourth-order valence-corrected chi connectivity index (χ4v) is 2.11. The molecule has 0 heterocycles. The van der Waals surface area contributed by atoms with Crippen molar-refractivity contribution in [3.63, 3.8) is 0 Å². The molecular formula is C14H17BrF3NO. The minimum absolute atomic E-state index is 0.120. The number of unbranched alkanes of at least 4 members (excludes halogenated alkanes) is 1. The number of benzene rings is 1. The lowest BCUT2D eigenvalue weighted by Crippen LogP contribution is -2.39. The average Bonchev–Trinajstić information content (AvgIpc) is 2.41. The second kappa shape index (κ2) is 7.67. The number of carbonyl (C=O) groups excluding carboxylic acids is 1. The van der Waals surface area contributed by atoms with Crippen LogP contribution >= 0.6 is 15.9 Å².